The van der Waals surface area contributed by atoms with Gasteiger partial charge in [0.2, 0.25) is 5.91 Å². The van der Waals surface area contributed by atoms with Gasteiger partial charge in [-0.1, -0.05) is 0 Å². The Labute approximate surface area is 178 Å². The molecule has 0 saturated carbocycles. The second-order valence-electron chi connectivity index (χ2n) is 6.98. The van der Waals surface area contributed by atoms with Gasteiger partial charge in [0.05, 0.1) is 25.8 Å². The highest BCUT2D eigenvalue weighted by Gasteiger charge is 2.48. The van der Waals surface area contributed by atoms with Crippen LogP contribution in [0.25, 0.3) is 0 Å². The van der Waals surface area contributed by atoms with Gasteiger partial charge in [-0.15, -0.1) is 0 Å². The molecule has 2 rings (SSSR count). The maximum absolute atomic E-state index is 14.1. The molecule has 1 aromatic rings. The molecule has 8 nitrogen and oxygen atoms in total. The molecule has 0 bridgehead atoms. The molecule has 0 aliphatic carbocycles. The molecule has 1 fully saturated rings. The quantitative estimate of drug-likeness (QED) is 0.363. The fraction of sp³-hybridized carbons (Fsp3) is 0.476. The van der Waals surface area contributed by atoms with Crippen molar-refractivity contribution in [3.8, 4) is 0 Å². The highest BCUT2D eigenvalue weighted by Crippen LogP contribution is 2.32. The zero-order valence-electron chi connectivity index (χ0n) is 17.6. The molecule has 0 unspecified atom stereocenters. The number of amides is 1. The molecule has 1 saturated heterocycles. The maximum atomic E-state index is 14.1. The van der Waals surface area contributed by atoms with E-state index in [-0.39, 0.29) is 44.0 Å². The van der Waals surface area contributed by atoms with Crippen LogP contribution in [-0.2, 0) is 28.6 Å². The predicted molar refractivity (Wildman–Crippen MR) is 105 cm³/mol. The van der Waals surface area contributed by atoms with Gasteiger partial charge in [0.25, 0.3) is 0 Å². The first-order chi connectivity index (χ1) is 14.7. The van der Waals surface area contributed by atoms with Crippen LogP contribution in [-0.4, -0.2) is 44.8 Å². The van der Waals surface area contributed by atoms with E-state index in [1.807, 2.05) is 0 Å². The molecule has 31 heavy (non-hydrogen) atoms. The summed E-state index contributed by atoms with van der Waals surface area (Å²) in [5.41, 5.74) is -1.52. The first kappa shape index (κ1) is 24.3. The highest BCUT2D eigenvalue weighted by molar-refractivity contribution is 6.03. The lowest BCUT2D eigenvalue weighted by Gasteiger charge is -2.33. The summed E-state index contributed by atoms with van der Waals surface area (Å²) in [6.07, 6.45) is 1.15. The van der Waals surface area contributed by atoms with Gasteiger partial charge in [-0.25, -0.2) is 13.6 Å². The Bertz CT molecular complexity index is 852. The third-order valence-electron chi connectivity index (χ3n) is 4.95. The average molecular weight is 440 g/mol. The zero-order valence-corrected chi connectivity index (χ0v) is 17.6. The Morgan fingerprint density at radius 3 is 2.55 bits per heavy atom. The molecule has 1 amide bonds. The largest absolute Gasteiger partial charge is 0.468 e. The molecular formula is C21H26F2N2O6. The van der Waals surface area contributed by atoms with Gasteiger partial charge in [0.1, 0.15) is 17.5 Å². The Morgan fingerprint density at radius 1 is 1.26 bits per heavy atom. The summed E-state index contributed by atoms with van der Waals surface area (Å²) in [6.45, 7) is 3.58. The standard InChI is InChI=1S/C21H26F2N2O6/c1-4-31-18(26)12-17(24-13(2)15-11-14(22)5-6-16(15)23)25-19(27)21(20(28)29-3)7-9-30-10-8-21/h5-6,11-13,24H,4,7-10H2,1-3H3,(H,25,27)/t13-/m0/s1. The fourth-order valence-corrected chi connectivity index (χ4v) is 3.25. The van der Waals surface area contributed by atoms with E-state index in [4.69, 9.17) is 14.2 Å². The van der Waals surface area contributed by atoms with Gasteiger partial charge < -0.3 is 24.8 Å². The van der Waals surface area contributed by atoms with Gasteiger partial charge in [0.15, 0.2) is 5.41 Å². The Morgan fingerprint density at radius 2 is 1.94 bits per heavy atom. The first-order valence-corrected chi connectivity index (χ1v) is 9.81. The van der Waals surface area contributed by atoms with Crippen molar-refractivity contribution in [2.45, 2.75) is 32.7 Å². The van der Waals surface area contributed by atoms with Crippen molar-refractivity contribution >= 4 is 17.8 Å². The number of carbonyl (C=O) groups excluding carboxylic acids is 3. The van der Waals surface area contributed by atoms with E-state index in [9.17, 15) is 23.2 Å². The second-order valence-corrected chi connectivity index (χ2v) is 6.98. The smallest absolute Gasteiger partial charge is 0.334 e. The topological polar surface area (TPSA) is 103 Å². The summed E-state index contributed by atoms with van der Waals surface area (Å²) in [4.78, 5) is 37.5. The van der Waals surface area contributed by atoms with E-state index in [1.165, 1.54) is 14.0 Å². The number of halogens is 2. The van der Waals surface area contributed by atoms with Gasteiger partial charge in [-0.3, -0.25) is 9.59 Å². The molecule has 0 spiro atoms. The number of hydrogen-bond acceptors (Lipinski definition) is 7. The molecule has 1 aromatic carbocycles. The van der Waals surface area contributed by atoms with Crippen molar-refractivity contribution in [2.75, 3.05) is 26.9 Å². The van der Waals surface area contributed by atoms with Crippen LogP contribution in [0.5, 0.6) is 0 Å². The van der Waals surface area contributed by atoms with Gasteiger partial charge in [-0.2, -0.15) is 0 Å². The van der Waals surface area contributed by atoms with Crippen molar-refractivity contribution in [3.05, 3.63) is 47.3 Å². The number of rotatable bonds is 8. The normalized spacial score (nSPS) is 16.7. The summed E-state index contributed by atoms with van der Waals surface area (Å²) in [5.74, 6) is -3.65. The Kier molecular flexibility index (Phi) is 8.49. The van der Waals surface area contributed by atoms with Gasteiger partial charge in [-0.05, 0) is 44.9 Å². The average Bonchev–Trinajstić information content (AvgIpc) is 2.75. The summed E-state index contributed by atoms with van der Waals surface area (Å²) >= 11 is 0. The number of carbonyl (C=O) groups is 3. The molecule has 2 N–H and O–H groups in total. The number of ether oxygens (including phenoxy) is 3. The second kappa shape index (κ2) is 10.9. The highest BCUT2D eigenvalue weighted by atomic mass is 19.1. The molecule has 10 heteroatoms. The lowest BCUT2D eigenvalue weighted by molar-refractivity contribution is -0.165. The van der Waals surface area contributed by atoms with Crippen LogP contribution in [0.4, 0.5) is 8.78 Å². The molecule has 0 radical (unpaired) electrons. The molecule has 1 heterocycles. The van der Waals surface area contributed by atoms with E-state index in [0.717, 1.165) is 24.3 Å². The van der Waals surface area contributed by atoms with E-state index in [1.54, 1.807) is 6.92 Å². The minimum Gasteiger partial charge on any atom is -0.468 e. The Hall–Kier alpha value is -3.01. The van der Waals surface area contributed by atoms with Crippen LogP contribution in [0.15, 0.2) is 30.1 Å². The molecule has 170 valence electrons. The summed E-state index contributed by atoms with van der Waals surface area (Å²) in [7, 11) is 1.18. The lowest BCUT2D eigenvalue weighted by atomic mass is 9.79. The van der Waals surface area contributed by atoms with Crippen molar-refractivity contribution in [1.29, 1.82) is 0 Å². The number of nitrogens with one attached hydrogen (secondary N) is 2. The SMILES string of the molecule is CCOC(=O)C=C(NC(=O)C1(C(=O)OC)CCOCC1)N[C@@H](C)c1cc(F)ccc1F. The fourth-order valence-electron chi connectivity index (χ4n) is 3.25. The number of methoxy groups -OCH3 is 1. The zero-order chi connectivity index (χ0) is 23.0. The van der Waals surface area contributed by atoms with Crippen LogP contribution < -0.4 is 10.6 Å². The van der Waals surface area contributed by atoms with Crippen LogP contribution in [0.2, 0.25) is 0 Å². The molecule has 0 aromatic heterocycles. The third kappa shape index (κ3) is 6.00. The van der Waals surface area contributed by atoms with Crippen molar-refractivity contribution in [2.24, 2.45) is 5.41 Å². The van der Waals surface area contributed by atoms with E-state index in [0.29, 0.717) is 0 Å². The van der Waals surface area contributed by atoms with Crippen LogP contribution >= 0.6 is 0 Å². The number of hydrogen-bond donors (Lipinski definition) is 2. The lowest BCUT2D eigenvalue weighted by Crippen LogP contribution is -2.51. The number of benzene rings is 1. The molecule has 1 atom stereocenters. The van der Waals surface area contributed by atoms with Gasteiger partial charge >= 0.3 is 11.9 Å². The van der Waals surface area contributed by atoms with Gasteiger partial charge in [0, 0.05) is 18.8 Å². The van der Waals surface area contributed by atoms with Crippen molar-refractivity contribution < 1.29 is 37.4 Å². The predicted octanol–water partition coefficient (Wildman–Crippen LogP) is 2.11. The molecule has 1 aliphatic heterocycles. The van der Waals surface area contributed by atoms with E-state index < -0.39 is 40.9 Å². The number of esters is 2. The summed E-state index contributed by atoms with van der Waals surface area (Å²) < 4.78 is 42.6. The summed E-state index contributed by atoms with van der Waals surface area (Å²) in [5, 5.41) is 5.28. The van der Waals surface area contributed by atoms with E-state index >= 15 is 0 Å². The maximum Gasteiger partial charge on any atom is 0.334 e. The molecular weight excluding hydrogens is 414 g/mol. The minimum absolute atomic E-state index is 0.0160. The van der Waals surface area contributed by atoms with Crippen LogP contribution in [0.3, 0.4) is 0 Å². The minimum atomic E-state index is -1.50. The summed E-state index contributed by atoms with van der Waals surface area (Å²) in [6, 6.07) is 2.13. The van der Waals surface area contributed by atoms with Crippen LogP contribution in [0, 0.1) is 17.0 Å². The van der Waals surface area contributed by atoms with Crippen LogP contribution in [0.1, 0.15) is 38.3 Å². The third-order valence-corrected chi connectivity index (χ3v) is 4.95. The van der Waals surface area contributed by atoms with Crippen molar-refractivity contribution in [3.63, 3.8) is 0 Å². The molecule has 1 aliphatic rings. The van der Waals surface area contributed by atoms with E-state index in [2.05, 4.69) is 10.6 Å². The monoisotopic (exact) mass is 440 g/mol. The van der Waals surface area contributed by atoms with Crippen molar-refractivity contribution in [1.82, 2.24) is 10.6 Å². The first-order valence-electron chi connectivity index (χ1n) is 9.81. The Balaban J connectivity index is 2.31.